The SMILES string of the molecule is C=CCn1c(SCC(=O)Nc2nc(-c3ccccc3)cs2)nnc1[C@H](C)NC(=O)c1ccc(Cl)cc1. The van der Waals surface area contributed by atoms with E-state index in [0.717, 1.165) is 11.3 Å². The lowest BCUT2D eigenvalue weighted by Crippen LogP contribution is -2.28. The number of carbonyl (C=O) groups is 2. The highest BCUT2D eigenvalue weighted by molar-refractivity contribution is 7.99. The highest BCUT2D eigenvalue weighted by Gasteiger charge is 2.20. The first-order valence-corrected chi connectivity index (χ1v) is 13.2. The van der Waals surface area contributed by atoms with E-state index in [0.29, 0.717) is 33.2 Å². The zero-order valence-electron chi connectivity index (χ0n) is 19.3. The molecule has 0 bridgehead atoms. The van der Waals surface area contributed by atoms with Gasteiger partial charge in [-0.15, -0.1) is 28.1 Å². The summed E-state index contributed by atoms with van der Waals surface area (Å²) >= 11 is 8.53. The van der Waals surface area contributed by atoms with Crippen LogP contribution in [0.5, 0.6) is 0 Å². The van der Waals surface area contributed by atoms with E-state index < -0.39 is 6.04 Å². The van der Waals surface area contributed by atoms with Crippen molar-refractivity contribution >= 4 is 51.6 Å². The van der Waals surface area contributed by atoms with Crippen molar-refractivity contribution in [2.75, 3.05) is 11.1 Å². The third-order valence-corrected chi connectivity index (χ3v) is 7.03. The third kappa shape index (κ3) is 6.39. The Kier molecular flexibility index (Phi) is 8.52. The van der Waals surface area contributed by atoms with E-state index in [2.05, 4.69) is 32.4 Å². The maximum atomic E-state index is 12.6. The topological polar surface area (TPSA) is 102 Å². The summed E-state index contributed by atoms with van der Waals surface area (Å²) in [6.45, 7) is 6.06. The monoisotopic (exact) mass is 538 g/mol. The van der Waals surface area contributed by atoms with Gasteiger partial charge in [-0.3, -0.25) is 9.59 Å². The van der Waals surface area contributed by atoms with Gasteiger partial charge in [-0.1, -0.05) is 59.8 Å². The molecule has 0 aliphatic rings. The van der Waals surface area contributed by atoms with Crippen molar-refractivity contribution in [2.45, 2.75) is 24.7 Å². The van der Waals surface area contributed by atoms with E-state index in [1.807, 2.05) is 47.2 Å². The molecule has 2 heterocycles. The number of amides is 2. The molecule has 2 amide bonds. The van der Waals surface area contributed by atoms with Gasteiger partial charge in [0.15, 0.2) is 16.1 Å². The lowest BCUT2D eigenvalue weighted by atomic mass is 10.2. The number of nitrogens with one attached hydrogen (secondary N) is 2. The number of thiazole rings is 1. The van der Waals surface area contributed by atoms with E-state index in [1.54, 1.807) is 30.3 Å². The van der Waals surface area contributed by atoms with Gasteiger partial charge in [0.2, 0.25) is 5.91 Å². The first-order chi connectivity index (χ1) is 17.4. The van der Waals surface area contributed by atoms with Crippen LogP contribution in [0, 0.1) is 0 Å². The van der Waals surface area contributed by atoms with E-state index >= 15 is 0 Å². The Labute approximate surface area is 221 Å². The van der Waals surface area contributed by atoms with E-state index in [-0.39, 0.29) is 17.6 Å². The van der Waals surface area contributed by atoms with Gasteiger partial charge in [0.05, 0.1) is 17.5 Å². The van der Waals surface area contributed by atoms with Crippen LogP contribution >= 0.6 is 34.7 Å². The molecule has 0 aliphatic heterocycles. The number of rotatable bonds is 10. The fraction of sp³-hybridized carbons (Fsp3) is 0.160. The Bertz CT molecular complexity index is 1350. The first kappa shape index (κ1) is 25.6. The minimum Gasteiger partial charge on any atom is -0.342 e. The number of thioether (sulfide) groups is 1. The van der Waals surface area contributed by atoms with E-state index in [9.17, 15) is 9.59 Å². The molecular formula is C25H23ClN6O2S2. The van der Waals surface area contributed by atoms with Crippen molar-refractivity contribution in [2.24, 2.45) is 0 Å². The number of halogens is 1. The minimum atomic E-state index is -0.421. The van der Waals surface area contributed by atoms with Crippen LogP contribution in [0.2, 0.25) is 5.02 Å². The molecule has 0 spiro atoms. The molecule has 2 aromatic carbocycles. The lowest BCUT2D eigenvalue weighted by molar-refractivity contribution is -0.113. The summed E-state index contributed by atoms with van der Waals surface area (Å²) in [7, 11) is 0. The molecule has 0 aliphatic carbocycles. The molecule has 36 heavy (non-hydrogen) atoms. The molecule has 1 atom stereocenters. The molecule has 11 heteroatoms. The van der Waals surface area contributed by atoms with Gasteiger partial charge in [0.1, 0.15) is 0 Å². The second kappa shape index (κ2) is 12.0. The molecule has 4 rings (SSSR count). The lowest BCUT2D eigenvalue weighted by Gasteiger charge is -2.15. The number of hydrogen-bond donors (Lipinski definition) is 2. The molecule has 0 fully saturated rings. The maximum absolute atomic E-state index is 12.6. The van der Waals surface area contributed by atoms with Gasteiger partial charge in [-0.25, -0.2) is 4.98 Å². The summed E-state index contributed by atoms with van der Waals surface area (Å²) in [5, 5.41) is 17.8. The van der Waals surface area contributed by atoms with Crippen molar-refractivity contribution in [3.05, 3.63) is 89.0 Å². The zero-order valence-corrected chi connectivity index (χ0v) is 21.7. The summed E-state index contributed by atoms with van der Waals surface area (Å²) in [5.74, 6) is 0.237. The molecule has 2 N–H and O–H groups in total. The molecule has 0 radical (unpaired) electrons. The Morgan fingerprint density at radius 2 is 1.92 bits per heavy atom. The summed E-state index contributed by atoms with van der Waals surface area (Å²) < 4.78 is 1.83. The summed E-state index contributed by atoms with van der Waals surface area (Å²) in [6.07, 6.45) is 1.71. The molecule has 0 saturated carbocycles. The van der Waals surface area contributed by atoms with Crippen molar-refractivity contribution < 1.29 is 9.59 Å². The quantitative estimate of drug-likeness (QED) is 0.205. The van der Waals surface area contributed by atoms with Crippen molar-refractivity contribution in [3.63, 3.8) is 0 Å². The number of aromatic nitrogens is 4. The van der Waals surface area contributed by atoms with Crippen LogP contribution in [0.1, 0.15) is 29.1 Å². The van der Waals surface area contributed by atoms with Gasteiger partial charge in [-0.05, 0) is 31.2 Å². The van der Waals surface area contributed by atoms with Crippen LogP contribution in [0.25, 0.3) is 11.3 Å². The van der Waals surface area contributed by atoms with Crippen LogP contribution in [-0.4, -0.2) is 37.3 Å². The van der Waals surface area contributed by atoms with Crippen LogP contribution in [-0.2, 0) is 11.3 Å². The van der Waals surface area contributed by atoms with Gasteiger partial charge in [-0.2, -0.15) is 0 Å². The summed E-state index contributed by atoms with van der Waals surface area (Å²) in [5.41, 5.74) is 2.30. The zero-order chi connectivity index (χ0) is 25.5. The standard InChI is InChI=1S/C25H23ClN6O2S2/c1-3-13-32-22(16(2)27-23(34)18-9-11-19(26)12-10-18)30-31-25(32)36-15-21(33)29-24-28-20(14-35-24)17-7-5-4-6-8-17/h3-12,14,16H,1,13,15H2,2H3,(H,27,34)(H,28,29,33)/t16-/m0/s1. The van der Waals surface area contributed by atoms with Crippen LogP contribution in [0.3, 0.4) is 0 Å². The minimum absolute atomic E-state index is 0.126. The second-order valence-electron chi connectivity index (χ2n) is 7.68. The number of anilines is 1. The number of nitrogens with zero attached hydrogens (tertiary/aromatic N) is 4. The summed E-state index contributed by atoms with van der Waals surface area (Å²) in [4.78, 5) is 29.7. The first-order valence-electron chi connectivity index (χ1n) is 11.0. The van der Waals surface area contributed by atoms with Gasteiger partial charge in [0.25, 0.3) is 5.91 Å². The molecule has 0 saturated heterocycles. The molecule has 4 aromatic rings. The normalized spacial score (nSPS) is 11.6. The molecular weight excluding hydrogens is 516 g/mol. The fourth-order valence-electron chi connectivity index (χ4n) is 3.33. The largest absolute Gasteiger partial charge is 0.342 e. The van der Waals surface area contributed by atoms with E-state index in [1.165, 1.54) is 23.1 Å². The van der Waals surface area contributed by atoms with E-state index in [4.69, 9.17) is 11.6 Å². The smallest absolute Gasteiger partial charge is 0.251 e. The molecule has 8 nitrogen and oxygen atoms in total. The van der Waals surface area contributed by atoms with Gasteiger partial charge >= 0.3 is 0 Å². The Hall–Kier alpha value is -3.47. The third-order valence-electron chi connectivity index (χ3n) is 5.05. The average Bonchev–Trinajstić information content (AvgIpc) is 3.51. The predicted molar refractivity (Wildman–Crippen MR) is 144 cm³/mol. The molecule has 0 unspecified atom stereocenters. The second-order valence-corrected chi connectivity index (χ2v) is 9.92. The average molecular weight is 539 g/mol. The number of hydrogen-bond acceptors (Lipinski definition) is 7. The number of benzene rings is 2. The van der Waals surface area contributed by atoms with Crippen molar-refractivity contribution in [1.29, 1.82) is 0 Å². The van der Waals surface area contributed by atoms with Crippen molar-refractivity contribution in [1.82, 2.24) is 25.1 Å². The van der Waals surface area contributed by atoms with Gasteiger partial charge in [0, 0.05) is 28.1 Å². The number of carbonyl (C=O) groups excluding carboxylic acids is 2. The fourth-order valence-corrected chi connectivity index (χ4v) is 4.95. The Balaban J connectivity index is 1.37. The van der Waals surface area contributed by atoms with Crippen LogP contribution < -0.4 is 10.6 Å². The molecule has 2 aromatic heterocycles. The van der Waals surface area contributed by atoms with Crippen LogP contribution in [0.4, 0.5) is 5.13 Å². The van der Waals surface area contributed by atoms with Gasteiger partial charge < -0.3 is 15.2 Å². The summed E-state index contributed by atoms with van der Waals surface area (Å²) in [6, 6.07) is 16.0. The predicted octanol–water partition coefficient (Wildman–Crippen LogP) is 5.46. The highest BCUT2D eigenvalue weighted by Crippen LogP contribution is 2.26. The Morgan fingerprint density at radius 3 is 2.64 bits per heavy atom. The number of allylic oxidation sites excluding steroid dienone is 1. The highest BCUT2D eigenvalue weighted by atomic mass is 35.5. The maximum Gasteiger partial charge on any atom is 0.251 e. The molecule has 184 valence electrons. The van der Waals surface area contributed by atoms with Crippen LogP contribution in [0.15, 0.2) is 77.8 Å². The Morgan fingerprint density at radius 1 is 1.17 bits per heavy atom. The van der Waals surface area contributed by atoms with Crippen molar-refractivity contribution in [3.8, 4) is 11.3 Å².